The Labute approximate surface area is 299 Å². The average Bonchev–Trinajstić information content (AvgIpc) is 3.45. The summed E-state index contributed by atoms with van der Waals surface area (Å²) in [7, 11) is -0.700. The van der Waals surface area contributed by atoms with E-state index in [0.29, 0.717) is 35.2 Å². The molecule has 3 saturated heterocycles. The first-order chi connectivity index (χ1) is 23.8. The minimum atomic E-state index is -4.50. The van der Waals surface area contributed by atoms with Gasteiger partial charge in [-0.3, -0.25) is 14.7 Å². The third kappa shape index (κ3) is 7.82. The number of benzene rings is 1. The number of alkyl halides is 3. The lowest BCUT2D eigenvalue weighted by Crippen LogP contribution is -2.58. The van der Waals surface area contributed by atoms with Crippen LogP contribution in [0.4, 0.5) is 18.9 Å². The minimum absolute atomic E-state index is 0.0720. The lowest BCUT2D eigenvalue weighted by atomic mass is 9.77. The molecule has 1 aromatic carbocycles. The van der Waals surface area contributed by atoms with Gasteiger partial charge in [-0.05, 0) is 63.2 Å². The van der Waals surface area contributed by atoms with E-state index in [0.717, 1.165) is 55.2 Å². The molecular weight excluding hydrogens is 660 g/mol. The summed E-state index contributed by atoms with van der Waals surface area (Å²) in [5.74, 6) is -0.481. The van der Waals surface area contributed by atoms with Crippen LogP contribution in [0, 0.1) is 5.41 Å². The van der Waals surface area contributed by atoms with Gasteiger partial charge in [0.05, 0.1) is 60.3 Å². The largest absolute Gasteiger partial charge is 0.494 e. The summed E-state index contributed by atoms with van der Waals surface area (Å²) in [4.78, 5) is 21.6. The third-order valence-corrected chi connectivity index (χ3v) is 10.9. The maximum atomic E-state index is 14.6. The summed E-state index contributed by atoms with van der Waals surface area (Å²) in [6, 6.07) is 7.74. The predicted molar refractivity (Wildman–Crippen MR) is 194 cm³/mol. The lowest BCUT2D eigenvalue weighted by molar-refractivity contribution is -0.144. The number of esters is 1. The molecule has 0 bridgehead atoms. The molecule has 5 heterocycles. The van der Waals surface area contributed by atoms with Gasteiger partial charge >= 0.3 is 19.3 Å². The van der Waals surface area contributed by atoms with E-state index < -0.39 is 42.4 Å². The fourth-order valence-electron chi connectivity index (χ4n) is 7.49. The van der Waals surface area contributed by atoms with Gasteiger partial charge in [0, 0.05) is 55.0 Å². The zero-order valence-corrected chi connectivity index (χ0v) is 31.4. The Morgan fingerprint density at radius 2 is 1.78 bits per heavy atom. The fourth-order valence-corrected chi connectivity index (χ4v) is 7.49. The van der Waals surface area contributed by atoms with Gasteiger partial charge in [0.25, 0.3) is 0 Å². The van der Waals surface area contributed by atoms with Crippen LogP contribution in [-0.2, 0) is 36.5 Å². The summed E-state index contributed by atoms with van der Waals surface area (Å²) in [6.45, 7) is 20.8. The molecule has 6 rings (SSSR count). The van der Waals surface area contributed by atoms with Gasteiger partial charge in [0.15, 0.2) is 0 Å². The number of hydrogen-bond acceptors (Lipinski definition) is 8. The first-order valence-electron chi connectivity index (χ1n) is 18.0. The number of morpholine rings is 1. The van der Waals surface area contributed by atoms with Crippen LogP contribution in [-0.4, -0.2) is 97.0 Å². The predicted octanol–water partition coefficient (Wildman–Crippen LogP) is 6.34. The topological polar surface area (TPSA) is 78.3 Å². The van der Waals surface area contributed by atoms with E-state index in [9.17, 15) is 18.0 Å². The molecule has 3 aromatic rings. The number of hydrogen-bond donors (Lipinski definition) is 0. The monoisotopic (exact) mass is 712 g/mol. The molecule has 0 radical (unpaired) electrons. The number of anilines is 1. The number of piperazine rings is 1. The Bertz CT molecular complexity index is 1760. The maximum absolute atomic E-state index is 14.6. The molecule has 9 nitrogen and oxygen atoms in total. The zero-order valence-electron chi connectivity index (χ0n) is 31.4. The van der Waals surface area contributed by atoms with Crippen molar-refractivity contribution in [2.24, 2.45) is 5.41 Å². The van der Waals surface area contributed by atoms with Crippen molar-refractivity contribution in [3.63, 3.8) is 0 Å². The van der Waals surface area contributed by atoms with Crippen molar-refractivity contribution in [1.82, 2.24) is 14.5 Å². The van der Waals surface area contributed by atoms with E-state index >= 15 is 0 Å². The average molecular weight is 713 g/mol. The second kappa shape index (κ2) is 13.7. The Hall–Kier alpha value is -3.13. The molecule has 0 amide bonds. The highest BCUT2D eigenvalue weighted by molar-refractivity contribution is 6.62. The van der Waals surface area contributed by atoms with Crippen LogP contribution in [0.15, 0.2) is 30.5 Å². The molecule has 278 valence electrons. The Kier molecular flexibility index (Phi) is 10.1. The summed E-state index contributed by atoms with van der Waals surface area (Å²) in [5.41, 5.74) is 2.83. The highest BCUT2D eigenvalue weighted by atomic mass is 19.4. The van der Waals surface area contributed by atoms with Crippen molar-refractivity contribution in [2.75, 3.05) is 50.9 Å². The van der Waals surface area contributed by atoms with E-state index in [1.165, 1.54) is 11.5 Å². The van der Waals surface area contributed by atoms with Crippen molar-refractivity contribution >= 4 is 35.1 Å². The van der Waals surface area contributed by atoms with Crippen LogP contribution in [0.1, 0.15) is 79.5 Å². The molecule has 13 heteroatoms. The first kappa shape index (κ1) is 37.6. The molecule has 3 aliphatic rings. The molecule has 0 spiro atoms. The number of nitrogens with zero attached hydrogens (tertiary/aromatic N) is 4. The quantitative estimate of drug-likeness (QED) is 0.188. The van der Waals surface area contributed by atoms with Crippen molar-refractivity contribution in [2.45, 2.75) is 105 Å². The second-order valence-corrected chi connectivity index (χ2v) is 16.5. The second-order valence-electron chi connectivity index (χ2n) is 16.5. The number of carbonyl (C=O) groups excluding carboxylic acids is 1. The van der Waals surface area contributed by atoms with Crippen molar-refractivity contribution in [3.8, 4) is 11.3 Å². The number of pyridine rings is 1. The van der Waals surface area contributed by atoms with E-state index in [4.69, 9.17) is 23.8 Å². The highest BCUT2D eigenvalue weighted by Gasteiger charge is 2.52. The smallest absolute Gasteiger partial charge is 0.465 e. The third-order valence-electron chi connectivity index (χ3n) is 10.9. The standard InChI is InChI=1S/C38H52BF3N4O5/c1-24(2)33-30(17-27(19-43-33)45-13-12-44-14-15-48-21-28(44)20-45)34-31(18-35(4,5)23-49-25(3)47)29-16-26(39-50-36(6,7)37(8,9)51-39)10-11-32(29)46(34)22-38(40,41)42/h10-11,16-17,19,24,28H,12-15,18,20-23H2,1-9H3/t28-/m0/s1. The van der Waals surface area contributed by atoms with Crippen LogP contribution < -0.4 is 10.4 Å². The van der Waals surface area contributed by atoms with E-state index in [1.54, 1.807) is 12.1 Å². The van der Waals surface area contributed by atoms with E-state index in [2.05, 4.69) is 9.80 Å². The zero-order chi connectivity index (χ0) is 37.1. The van der Waals surface area contributed by atoms with Gasteiger partial charge in [0.2, 0.25) is 0 Å². The summed E-state index contributed by atoms with van der Waals surface area (Å²) in [6.07, 6.45) is -2.31. The Morgan fingerprint density at radius 1 is 1.08 bits per heavy atom. The fraction of sp³-hybridized carbons (Fsp3) is 0.632. The van der Waals surface area contributed by atoms with Crippen LogP contribution in [0.3, 0.4) is 0 Å². The minimum Gasteiger partial charge on any atom is -0.465 e. The van der Waals surface area contributed by atoms with Gasteiger partial charge in [-0.2, -0.15) is 13.2 Å². The van der Waals surface area contributed by atoms with Gasteiger partial charge in [-0.15, -0.1) is 0 Å². The molecule has 0 saturated carbocycles. The van der Waals surface area contributed by atoms with Crippen LogP contribution in [0.25, 0.3) is 22.2 Å². The summed E-state index contributed by atoms with van der Waals surface area (Å²) < 4.78 is 69.4. The lowest BCUT2D eigenvalue weighted by Gasteiger charge is -2.44. The SMILES string of the molecule is CC(=O)OCC(C)(C)Cc1c(-c2cc(N3CCN4CCOC[C@@H]4C3)cnc2C(C)C)n(CC(F)(F)F)c2ccc(B3OC(C)(C)C(C)(C)O3)cc12. The molecular formula is C38H52BF3N4O5. The van der Waals surface area contributed by atoms with Crippen molar-refractivity contribution < 1.29 is 36.7 Å². The molecule has 0 aliphatic carbocycles. The highest BCUT2D eigenvalue weighted by Crippen LogP contribution is 2.43. The number of halogens is 3. The number of fused-ring (bicyclic) bond motifs is 2. The molecule has 3 aliphatic heterocycles. The first-order valence-corrected chi connectivity index (χ1v) is 18.0. The van der Waals surface area contributed by atoms with Crippen molar-refractivity contribution in [3.05, 3.63) is 41.7 Å². The van der Waals surface area contributed by atoms with E-state index in [1.807, 2.05) is 73.7 Å². The van der Waals surface area contributed by atoms with Crippen LogP contribution in [0.2, 0.25) is 0 Å². The molecule has 51 heavy (non-hydrogen) atoms. The van der Waals surface area contributed by atoms with E-state index in [-0.39, 0.29) is 18.6 Å². The van der Waals surface area contributed by atoms with Crippen molar-refractivity contribution in [1.29, 1.82) is 0 Å². The molecule has 0 unspecified atom stereocenters. The van der Waals surface area contributed by atoms with Crippen LogP contribution in [0.5, 0.6) is 0 Å². The number of ether oxygens (including phenoxy) is 2. The Balaban J connectivity index is 1.57. The molecule has 1 atom stereocenters. The van der Waals surface area contributed by atoms with Gasteiger partial charge < -0.3 is 28.2 Å². The van der Waals surface area contributed by atoms with Crippen LogP contribution >= 0.6 is 0 Å². The Morgan fingerprint density at radius 3 is 2.43 bits per heavy atom. The normalized spacial score (nSPS) is 21.1. The number of rotatable bonds is 9. The molecule has 2 aromatic heterocycles. The summed E-state index contributed by atoms with van der Waals surface area (Å²) in [5, 5.41) is 0.672. The molecule has 0 N–H and O–H groups in total. The summed E-state index contributed by atoms with van der Waals surface area (Å²) >= 11 is 0. The van der Waals surface area contributed by atoms with Gasteiger partial charge in [-0.1, -0.05) is 39.8 Å². The molecule has 3 fully saturated rings. The van der Waals surface area contributed by atoms with Gasteiger partial charge in [0.1, 0.15) is 6.54 Å². The number of carbonyl (C=O) groups is 1. The maximum Gasteiger partial charge on any atom is 0.494 e. The number of aromatic nitrogens is 2. The van der Waals surface area contributed by atoms with Gasteiger partial charge in [-0.25, -0.2) is 0 Å².